The van der Waals surface area contributed by atoms with Crippen LogP contribution in [0.5, 0.6) is 0 Å². The highest BCUT2D eigenvalue weighted by atomic mass is 16.3. The van der Waals surface area contributed by atoms with Crippen LogP contribution in [0.15, 0.2) is 30.3 Å². The summed E-state index contributed by atoms with van der Waals surface area (Å²) in [6, 6.07) is 10.1. The van der Waals surface area contributed by atoms with Crippen molar-refractivity contribution in [3.63, 3.8) is 0 Å². The van der Waals surface area contributed by atoms with Gasteiger partial charge in [0.15, 0.2) is 0 Å². The Hall–Kier alpha value is -1.30. The first kappa shape index (κ1) is 15.1. The summed E-state index contributed by atoms with van der Waals surface area (Å²) in [7, 11) is 4.02. The van der Waals surface area contributed by atoms with Gasteiger partial charge in [-0.15, -0.1) is 0 Å². The molecule has 1 aliphatic rings. The van der Waals surface area contributed by atoms with Gasteiger partial charge in [0.1, 0.15) is 5.60 Å². The summed E-state index contributed by atoms with van der Waals surface area (Å²) >= 11 is 0. The minimum Gasteiger partial charge on any atom is -0.384 e. The van der Waals surface area contributed by atoms with Crippen LogP contribution in [0.4, 0.5) is 0 Å². The lowest BCUT2D eigenvalue weighted by Crippen LogP contribution is -2.33. The normalized spacial score (nSPS) is 18.6. The molecule has 20 heavy (non-hydrogen) atoms. The zero-order chi connectivity index (χ0) is 14.4. The summed E-state index contributed by atoms with van der Waals surface area (Å²) in [5.74, 6) is 6.69. The molecular formula is C18H25NO. The van der Waals surface area contributed by atoms with E-state index in [1.54, 1.807) is 0 Å². The van der Waals surface area contributed by atoms with Gasteiger partial charge >= 0.3 is 0 Å². The summed E-state index contributed by atoms with van der Waals surface area (Å²) in [6.45, 7) is 0.746. The van der Waals surface area contributed by atoms with Gasteiger partial charge in [-0.1, -0.05) is 55.0 Å². The predicted octanol–water partition coefficient (Wildman–Crippen LogP) is 3.02. The van der Waals surface area contributed by atoms with E-state index in [1.807, 2.05) is 49.3 Å². The van der Waals surface area contributed by atoms with E-state index in [0.717, 1.165) is 24.9 Å². The Morgan fingerprint density at radius 2 is 1.80 bits per heavy atom. The van der Waals surface area contributed by atoms with Crippen LogP contribution in [0, 0.1) is 17.8 Å². The van der Waals surface area contributed by atoms with E-state index >= 15 is 0 Å². The van der Waals surface area contributed by atoms with Crippen molar-refractivity contribution in [2.45, 2.75) is 37.7 Å². The van der Waals surface area contributed by atoms with Crippen LogP contribution < -0.4 is 0 Å². The van der Waals surface area contributed by atoms with Crippen LogP contribution in [-0.4, -0.2) is 30.6 Å². The average Bonchev–Trinajstić information content (AvgIpc) is 2.99. The SMILES string of the molecule is CN(C)CC#CC[C@@](O)(c1ccccc1)C1CCCC1. The zero-order valence-electron chi connectivity index (χ0n) is 12.6. The number of benzene rings is 1. The third kappa shape index (κ3) is 3.62. The Bertz CT molecular complexity index is 465. The van der Waals surface area contributed by atoms with Gasteiger partial charge in [-0.3, -0.25) is 4.90 Å². The molecule has 108 valence electrons. The first-order chi connectivity index (χ1) is 9.63. The van der Waals surface area contributed by atoms with Gasteiger partial charge in [0.05, 0.1) is 6.54 Å². The molecule has 0 spiro atoms. The fourth-order valence-corrected chi connectivity index (χ4v) is 3.02. The number of nitrogens with zero attached hydrogens (tertiary/aromatic N) is 1. The Kier molecular flexibility index (Phi) is 5.23. The highest BCUT2D eigenvalue weighted by Crippen LogP contribution is 2.42. The Labute approximate surface area is 122 Å². The second-order valence-electron chi connectivity index (χ2n) is 6.04. The zero-order valence-corrected chi connectivity index (χ0v) is 12.6. The molecule has 2 heteroatoms. The highest BCUT2D eigenvalue weighted by molar-refractivity contribution is 5.26. The fraction of sp³-hybridized carbons (Fsp3) is 0.556. The van der Waals surface area contributed by atoms with Crippen LogP contribution in [0.25, 0.3) is 0 Å². The van der Waals surface area contributed by atoms with Crippen LogP contribution in [0.2, 0.25) is 0 Å². The van der Waals surface area contributed by atoms with Crippen LogP contribution in [-0.2, 0) is 5.60 Å². The smallest absolute Gasteiger partial charge is 0.103 e. The van der Waals surface area contributed by atoms with E-state index in [-0.39, 0.29) is 0 Å². The van der Waals surface area contributed by atoms with Crippen molar-refractivity contribution in [2.24, 2.45) is 5.92 Å². The topological polar surface area (TPSA) is 23.5 Å². The standard InChI is InChI=1S/C18H25NO/c1-19(2)15-9-8-14-18(20,17-12-6-7-13-17)16-10-4-3-5-11-16/h3-5,10-11,17,20H,6-7,12-15H2,1-2H3/t18-/m1/s1. The molecule has 1 atom stereocenters. The molecule has 2 rings (SSSR count). The molecule has 0 unspecified atom stereocenters. The summed E-state index contributed by atoms with van der Waals surface area (Å²) in [5, 5.41) is 11.2. The van der Waals surface area contributed by atoms with Crippen molar-refractivity contribution in [3.8, 4) is 11.8 Å². The molecule has 0 aromatic heterocycles. The van der Waals surface area contributed by atoms with Crippen LogP contribution in [0.1, 0.15) is 37.7 Å². The molecule has 0 amide bonds. The minimum absolute atomic E-state index is 0.346. The van der Waals surface area contributed by atoms with Crippen LogP contribution >= 0.6 is 0 Å². The molecule has 1 aromatic rings. The van der Waals surface area contributed by atoms with E-state index in [2.05, 4.69) is 11.8 Å². The molecule has 1 fully saturated rings. The average molecular weight is 271 g/mol. The highest BCUT2D eigenvalue weighted by Gasteiger charge is 2.39. The van der Waals surface area contributed by atoms with E-state index in [4.69, 9.17) is 0 Å². The molecule has 0 heterocycles. The molecule has 0 radical (unpaired) electrons. The number of hydrogen-bond donors (Lipinski definition) is 1. The van der Waals surface area contributed by atoms with Gasteiger partial charge < -0.3 is 5.11 Å². The second-order valence-corrected chi connectivity index (χ2v) is 6.04. The van der Waals surface area contributed by atoms with Crippen molar-refractivity contribution in [2.75, 3.05) is 20.6 Å². The maximum Gasteiger partial charge on any atom is 0.103 e. The monoisotopic (exact) mass is 271 g/mol. The lowest BCUT2D eigenvalue weighted by molar-refractivity contribution is -0.0173. The van der Waals surface area contributed by atoms with Gasteiger partial charge in [0.25, 0.3) is 0 Å². The molecule has 1 aromatic carbocycles. The Morgan fingerprint density at radius 3 is 2.40 bits per heavy atom. The van der Waals surface area contributed by atoms with Gasteiger partial charge in [-0.2, -0.15) is 0 Å². The molecule has 1 aliphatic carbocycles. The lowest BCUT2D eigenvalue weighted by atomic mass is 9.78. The summed E-state index contributed by atoms with van der Waals surface area (Å²) in [5.41, 5.74) is 0.239. The number of aliphatic hydroxyl groups is 1. The van der Waals surface area contributed by atoms with Crippen molar-refractivity contribution in [1.82, 2.24) is 4.90 Å². The predicted molar refractivity (Wildman–Crippen MR) is 83.2 cm³/mol. The number of hydrogen-bond acceptors (Lipinski definition) is 2. The molecule has 0 bridgehead atoms. The minimum atomic E-state index is -0.781. The quantitative estimate of drug-likeness (QED) is 0.851. The molecule has 1 saturated carbocycles. The lowest BCUT2D eigenvalue weighted by Gasteiger charge is -2.33. The Balaban J connectivity index is 2.17. The maximum absolute atomic E-state index is 11.2. The first-order valence-corrected chi connectivity index (χ1v) is 7.51. The summed E-state index contributed by atoms with van der Waals surface area (Å²) < 4.78 is 0. The molecule has 0 saturated heterocycles. The van der Waals surface area contributed by atoms with Crippen molar-refractivity contribution < 1.29 is 5.11 Å². The van der Waals surface area contributed by atoms with Crippen molar-refractivity contribution in [3.05, 3.63) is 35.9 Å². The first-order valence-electron chi connectivity index (χ1n) is 7.51. The van der Waals surface area contributed by atoms with Crippen molar-refractivity contribution >= 4 is 0 Å². The summed E-state index contributed by atoms with van der Waals surface area (Å²) in [4.78, 5) is 2.05. The van der Waals surface area contributed by atoms with Gasteiger partial charge in [0, 0.05) is 6.42 Å². The van der Waals surface area contributed by atoms with E-state index < -0.39 is 5.60 Å². The second kappa shape index (κ2) is 6.92. The van der Waals surface area contributed by atoms with Gasteiger partial charge in [-0.05, 0) is 38.4 Å². The van der Waals surface area contributed by atoms with Gasteiger partial charge in [-0.25, -0.2) is 0 Å². The van der Waals surface area contributed by atoms with Gasteiger partial charge in [0.2, 0.25) is 0 Å². The maximum atomic E-state index is 11.2. The van der Waals surface area contributed by atoms with E-state index in [0.29, 0.717) is 12.3 Å². The molecule has 1 N–H and O–H groups in total. The molecule has 0 aliphatic heterocycles. The van der Waals surface area contributed by atoms with Crippen LogP contribution in [0.3, 0.4) is 0 Å². The Morgan fingerprint density at radius 1 is 1.15 bits per heavy atom. The van der Waals surface area contributed by atoms with E-state index in [9.17, 15) is 5.11 Å². The summed E-state index contributed by atoms with van der Waals surface area (Å²) in [6.07, 6.45) is 5.22. The molecular weight excluding hydrogens is 246 g/mol. The van der Waals surface area contributed by atoms with E-state index in [1.165, 1.54) is 12.8 Å². The largest absolute Gasteiger partial charge is 0.384 e. The van der Waals surface area contributed by atoms with Crippen molar-refractivity contribution in [1.29, 1.82) is 0 Å². The third-order valence-electron chi connectivity index (χ3n) is 4.18. The number of rotatable bonds is 4. The molecule has 2 nitrogen and oxygen atoms in total. The third-order valence-corrected chi connectivity index (χ3v) is 4.18. The fourth-order valence-electron chi connectivity index (χ4n) is 3.02.